The molecule has 0 bridgehead atoms. The minimum absolute atomic E-state index is 0.0661. The molecule has 0 aromatic carbocycles. The molecule has 0 saturated carbocycles. The van der Waals surface area contributed by atoms with E-state index >= 15 is 0 Å². The molecule has 0 aliphatic carbocycles. The second-order valence-electron chi connectivity index (χ2n) is 10.0. The van der Waals surface area contributed by atoms with Crippen LogP contribution in [0.5, 0.6) is 0 Å². The van der Waals surface area contributed by atoms with E-state index in [2.05, 4.69) is 43.3 Å². The van der Waals surface area contributed by atoms with E-state index in [0.717, 1.165) is 44.6 Å². The average Bonchev–Trinajstić information content (AvgIpc) is 3.16. The van der Waals surface area contributed by atoms with E-state index in [-0.39, 0.29) is 11.9 Å². The van der Waals surface area contributed by atoms with Crippen LogP contribution in [0.3, 0.4) is 0 Å². The normalized spacial score (nSPS) is 16.6. The summed E-state index contributed by atoms with van der Waals surface area (Å²) in [7, 11) is 0. The number of unbranched alkanes of at least 4 members (excludes halogenated alkanes) is 9. The predicted molar refractivity (Wildman–Crippen MR) is 131 cm³/mol. The quantitative estimate of drug-likeness (QED) is 0.222. The summed E-state index contributed by atoms with van der Waals surface area (Å²) in [4.78, 5) is 12.0. The van der Waals surface area contributed by atoms with Crippen LogP contribution in [-0.2, 0) is 4.79 Å². The summed E-state index contributed by atoms with van der Waals surface area (Å²) in [5.74, 6) is 0.120. The Balaban J connectivity index is 1.74. The van der Waals surface area contributed by atoms with Gasteiger partial charge < -0.3 is 16.0 Å². The standard InChI is InChI=1S/C26H51N3O/c1-5-26(3,4)19-14-12-10-8-6-7-9-11-13-15-20-27-21-16-22-28-25(30)24-18-17-23(2)29-24/h24,27,29H,2,5-22H2,1,3-4H3,(H,28,30). The number of hydrogen-bond acceptors (Lipinski definition) is 3. The molecule has 0 radical (unpaired) electrons. The second-order valence-corrected chi connectivity index (χ2v) is 10.0. The smallest absolute Gasteiger partial charge is 0.242 e. The number of allylic oxidation sites excluding steroid dienone is 1. The molecule has 0 aromatic rings. The summed E-state index contributed by atoms with van der Waals surface area (Å²) >= 11 is 0. The maximum absolute atomic E-state index is 12.0. The van der Waals surface area contributed by atoms with Gasteiger partial charge in [0.2, 0.25) is 5.91 Å². The highest BCUT2D eigenvalue weighted by molar-refractivity contribution is 5.82. The van der Waals surface area contributed by atoms with Gasteiger partial charge in [0, 0.05) is 12.2 Å². The first-order chi connectivity index (χ1) is 14.4. The summed E-state index contributed by atoms with van der Waals surface area (Å²) in [6.45, 7) is 13.8. The monoisotopic (exact) mass is 421 g/mol. The van der Waals surface area contributed by atoms with Crippen molar-refractivity contribution >= 4 is 5.91 Å². The van der Waals surface area contributed by atoms with Crippen LogP contribution in [0.25, 0.3) is 0 Å². The first-order valence-corrected chi connectivity index (χ1v) is 12.9. The minimum Gasteiger partial charge on any atom is -0.378 e. The molecule has 1 amide bonds. The Morgan fingerprint density at radius 3 is 2.07 bits per heavy atom. The number of nitrogens with one attached hydrogen (secondary N) is 3. The number of carbonyl (C=O) groups is 1. The highest BCUT2D eigenvalue weighted by Gasteiger charge is 2.23. The first-order valence-electron chi connectivity index (χ1n) is 12.9. The lowest BCUT2D eigenvalue weighted by Gasteiger charge is -2.22. The van der Waals surface area contributed by atoms with Gasteiger partial charge in [-0.2, -0.15) is 0 Å². The zero-order chi connectivity index (χ0) is 22.1. The molecule has 1 saturated heterocycles. The lowest BCUT2D eigenvalue weighted by molar-refractivity contribution is -0.122. The number of rotatable bonds is 19. The van der Waals surface area contributed by atoms with Gasteiger partial charge in [0.1, 0.15) is 6.04 Å². The van der Waals surface area contributed by atoms with Crippen LogP contribution in [-0.4, -0.2) is 31.6 Å². The van der Waals surface area contributed by atoms with Crippen LogP contribution >= 0.6 is 0 Å². The zero-order valence-corrected chi connectivity index (χ0v) is 20.4. The molecule has 0 spiro atoms. The van der Waals surface area contributed by atoms with Crippen LogP contribution < -0.4 is 16.0 Å². The molecule has 0 aromatic heterocycles. The first kappa shape index (κ1) is 27.0. The van der Waals surface area contributed by atoms with Gasteiger partial charge in [-0.05, 0) is 50.6 Å². The topological polar surface area (TPSA) is 53.2 Å². The highest BCUT2D eigenvalue weighted by atomic mass is 16.2. The molecule has 3 N–H and O–H groups in total. The van der Waals surface area contributed by atoms with Crippen molar-refractivity contribution in [1.82, 2.24) is 16.0 Å². The molecule has 1 heterocycles. The molecule has 4 heteroatoms. The van der Waals surface area contributed by atoms with Gasteiger partial charge in [0.05, 0.1) is 0 Å². The Hall–Kier alpha value is -1.03. The Bertz CT molecular complexity index is 461. The maximum atomic E-state index is 12.0. The van der Waals surface area contributed by atoms with Crippen molar-refractivity contribution in [3.05, 3.63) is 12.3 Å². The van der Waals surface area contributed by atoms with E-state index < -0.39 is 0 Å². The molecule has 4 nitrogen and oxygen atoms in total. The Morgan fingerprint density at radius 2 is 1.50 bits per heavy atom. The Kier molecular flexibility index (Phi) is 15.0. The number of carbonyl (C=O) groups excluding carboxylic acids is 1. The van der Waals surface area contributed by atoms with Crippen LogP contribution in [0.15, 0.2) is 12.3 Å². The molecule has 176 valence electrons. The maximum Gasteiger partial charge on any atom is 0.242 e. The molecule has 1 unspecified atom stereocenters. The van der Waals surface area contributed by atoms with Gasteiger partial charge in [-0.1, -0.05) is 91.6 Å². The average molecular weight is 422 g/mol. The molecule has 1 aliphatic heterocycles. The predicted octanol–water partition coefficient (Wildman–Crippen LogP) is 6.08. The van der Waals surface area contributed by atoms with Gasteiger partial charge in [0.15, 0.2) is 0 Å². The van der Waals surface area contributed by atoms with Crippen molar-refractivity contribution in [2.24, 2.45) is 5.41 Å². The lowest BCUT2D eigenvalue weighted by Crippen LogP contribution is -2.40. The Labute approximate surface area is 187 Å². The third-order valence-electron chi connectivity index (χ3n) is 6.67. The van der Waals surface area contributed by atoms with E-state index in [1.54, 1.807) is 0 Å². The van der Waals surface area contributed by atoms with Gasteiger partial charge in [-0.15, -0.1) is 0 Å². The zero-order valence-electron chi connectivity index (χ0n) is 20.4. The van der Waals surface area contributed by atoms with Crippen LogP contribution in [0, 0.1) is 5.41 Å². The van der Waals surface area contributed by atoms with Crippen molar-refractivity contribution < 1.29 is 4.79 Å². The number of amides is 1. The van der Waals surface area contributed by atoms with Crippen molar-refractivity contribution in [2.45, 2.75) is 123 Å². The minimum atomic E-state index is -0.0661. The summed E-state index contributed by atoms with van der Waals surface area (Å²) in [5.41, 5.74) is 1.53. The fraction of sp³-hybridized carbons (Fsp3) is 0.885. The largest absolute Gasteiger partial charge is 0.378 e. The summed E-state index contributed by atoms with van der Waals surface area (Å²) in [5, 5.41) is 9.66. The second kappa shape index (κ2) is 16.6. The van der Waals surface area contributed by atoms with Gasteiger partial charge in [0.25, 0.3) is 0 Å². The van der Waals surface area contributed by atoms with Crippen molar-refractivity contribution in [3.63, 3.8) is 0 Å². The molecule has 1 atom stereocenters. The Morgan fingerprint density at radius 1 is 0.933 bits per heavy atom. The van der Waals surface area contributed by atoms with Crippen molar-refractivity contribution in [3.8, 4) is 0 Å². The summed E-state index contributed by atoms with van der Waals surface area (Å²) in [6.07, 6.45) is 19.4. The molecule has 1 aliphatic rings. The van der Waals surface area contributed by atoms with Crippen molar-refractivity contribution in [2.75, 3.05) is 19.6 Å². The molecular weight excluding hydrogens is 370 g/mol. The fourth-order valence-corrected chi connectivity index (χ4v) is 4.02. The molecule has 30 heavy (non-hydrogen) atoms. The van der Waals surface area contributed by atoms with Gasteiger partial charge in [-0.3, -0.25) is 4.79 Å². The van der Waals surface area contributed by atoms with Crippen LogP contribution in [0.4, 0.5) is 0 Å². The summed E-state index contributed by atoms with van der Waals surface area (Å²) in [6, 6.07) is -0.0661. The SMILES string of the molecule is C=C1CCC(C(=O)NCCCNCCCCCCCCCCCCC(C)(C)CC)N1. The third-order valence-corrected chi connectivity index (χ3v) is 6.67. The van der Waals surface area contributed by atoms with E-state index in [4.69, 9.17) is 0 Å². The van der Waals surface area contributed by atoms with Gasteiger partial charge >= 0.3 is 0 Å². The number of hydrogen-bond donors (Lipinski definition) is 3. The fourth-order valence-electron chi connectivity index (χ4n) is 4.02. The van der Waals surface area contributed by atoms with E-state index in [1.807, 2.05) is 0 Å². The highest BCUT2D eigenvalue weighted by Crippen LogP contribution is 2.27. The van der Waals surface area contributed by atoms with E-state index in [9.17, 15) is 4.79 Å². The van der Waals surface area contributed by atoms with Crippen LogP contribution in [0.2, 0.25) is 0 Å². The van der Waals surface area contributed by atoms with Crippen LogP contribution in [0.1, 0.15) is 117 Å². The van der Waals surface area contributed by atoms with E-state index in [0.29, 0.717) is 5.41 Å². The molecule has 1 rings (SSSR count). The molecule has 1 fully saturated rings. The molecular formula is C26H51N3O. The lowest BCUT2D eigenvalue weighted by atomic mass is 9.84. The van der Waals surface area contributed by atoms with Crippen molar-refractivity contribution in [1.29, 1.82) is 0 Å². The third kappa shape index (κ3) is 14.1. The van der Waals surface area contributed by atoms with Gasteiger partial charge in [-0.25, -0.2) is 0 Å². The van der Waals surface area contributed by atoms with E-state index in [1.165, 1.54) is 77.0 Å². The summed E-state index contributed by atoms with van der Waals surface area (Å²) < 4.78 is 0.